The first-order chi connectivity index (χ1) is 17.9. The second-order valence-electron chi connectivity index (χ2n) is 12.1. The van der Waals surface area contributed by atoms with E-state index in [4.69, 9.17) is 23.4 Å². The van der Waals surface area contributed by atoms with Crippen LogP contribution in [0.5, 0.6) is 0 Å². The lowest BCUT2D eigenvalue weighted by Gasteiger charge is -2.20. The first-order valence-electron chi connectivity index (χ1n) is 13.8. The predicted octanol–water partition coefficient (Wildman–Crippen LogP) is -6.19. The van der Waals surface area contributed by atoms with Crippen LogP contribution in [0.25, 0.3) is 0 Å². The summed E-state index contributed by atoms with van der Waals surface area (Å²) in [5.41, 5.74) is -0.727. The number of carboxylic acids is 2. The minimum absolute atomic E-state index is 0. The van der Waals surface area contributed by atoms with Gasteiger partial charge in [-0.05, 0) is 25.7 Å². The van der Waals surface area contributed by atoms with Crippen molar-refractivity contribution in [1.29, 1.82) is 0 Å². The molecule has 0 aliphatic heterocycles. The van der Waals surface area contributed by atoms with E-state index < -0.39 is 11.9 Å². The predicted molar refractivity (Wildman–Crippen MR) is 161 cm³/mol. The van der Waals surface area contributed by atoms with E-state index in [1.807, 2.05) is 56.4 Å². The smallest absolute Gasteiger partial charge is 0.0953 e. The largest absolute Gasteiger partial charge is 1.00 e. The van der Waals surface area contributed by atoms with Crippen molar-refractivity contribution in [3.8, 4) is 0 Å². The molecule has 254 valence electrons. The van der Waals surface area contributed by atoms with Crippen molar-refractivity contribution in [2.75, 3.05) is 82.6 Å². The number of carboxylic acid groups (broad SMARTS) is 2. The standard InChI is InChI=1S/C8H6O4.4C5H15N2.2ClH/c9-7(10)5-3-1-2-4-6(5)8(11)12;4*1-4-5-7(2,3)6;;/h1-4H,(H,9,10)(H,11,12);4*4-6H2,1-3H3;2*1H/q;4*+1;;/p-4. The van der Waals surface area contributed by atoms with Crippen LogP contribution >= 0.6 is 0 Å². The fourth-order valence-electron chi connectivity index (χ4n) is 3.14. The van der Waals surface area contributed by atoms with Crippen LogP contribution < -0.4 is 58.4 Å². The third-order valence-corrected chi connectivity index (χ3v) is 4.57. The second kappa shape index (κ2) is 27.0. The Morgan fingerprint density at radius 2 is 0.690 bits per heavy atom. The normalized spacial score (nSPS) is 10.7. The minimum atomic E-state index is -1.52. The van der Waals surface area contributed by atoms with E-state index in [0.29, 0.717) is 18.4 Å². The van der Waals surface area contributed by atoms with E-state index in [9.17, 15) is 19.8 Å². The molecule has 1 rings (SSSR count). The van der Waals surface area contributed by atoms with E-state index in [2.05, 4.69) is 27.7 Å². The molecule has 0 saturated carbocycles. The lowest BCUT2D eigenvalue weighted by Crippen LogP contribution is -3.00. The van der Waals surface area contributed by atoms with Gasteiger partial charge in [0, 0.05) is 11.1 Å². The fourth-order valence-corrected chi connectivity index (χ4v) is 3.14. The summed E-state index contributed by atoms with van der Waals surface area (Å²) in [7, 11) is 15.9. The Kier molecular flexibility index (Phi) is 34.1. The molecule has 1 aromatic carbocycles. The quantitative estimate of drug-likeness (QED) is 0.110. The average molecular weight is 648 g/mol. The Balaban J connectivity index is -0.0000000977. The van der Waals surface area contributed by atoms with E-state index in [1.165, 1.54) is 12.1 Å². The Morgan fingerprint density at radius 1 is 0.524 bits per heavy atom. The maximum absolute atomic E-state index is 10.3. The summed E-state index contributed by atoms with van der Waals surface area (Å²) < 4.78 is 2.38. The molecule has 0 radical (unpaired) electrons. The molecule has 0 bridgehead atoms. The molecular formula is C28H64Cl2N8O4. The van der Waals surface area contributed by atoms with Crippen molar-refractivity contribution in [3.05, 3.63) is 35.4 Å². The lowest BCUT2D eigenvalue weighted by molar-refractivity contribution is -0.902. The first kappa shape index (κ1) is 53.0. The monoisotopic (exact) mass is 646 g/mol. The van der Waals surface area contributed by atoms with Crippen LogP contribution in [0.2, 0.25) is 0 Å². The van der Waals surface area contributed by atoms with E-state index in [0.717, 1.165) is 64.0 Å². The molecule has 1 aromatic rings. The Bertz CT molecular complexity index is 693. The molecule has 12 nitrogen and oxygen atoms in total. The van der Waals surface area contributed by atoms with E-state index >= 15 is 0 Å². The van der Waals surface area contributed by atoms with Gasteiger partial charge in [0.2, 0.25) is 0 Å². The number of rotatable bonds is 10. The molecule has 0 amide bonds. The molecule has 0 unspecified atom stereocenters. The number of quaternary nitrogens is 4. The number of hydrogen-bond donors (Lipinski definition) is 4. The molecule has 0 heterocycles. The van der Waals surface area contributed by atoms with Gasteiger partial charge in [-0.1, -0.05) is 52.0 Å². The summed E-state index contributed by atoms with van der Waals surface area (Å²) in [6, 6.07) is 5.14. The zero-order valence-corrected chi connectivity index (χ0v) is 30.0. The van der Waals surface area contributed by atoms with Gasteiger partial charge >= 0.3 is 0 Å². The molecular weight excluding hydrogens is 583 g/mol. The third-order valence-electron chi connectivity index (χ3n) is 4.57. The van der Waals surface area contributed by atoms with Gasteiger partial charge in [-0.2, -0.15) is 23.4 Å². The van der Waals surface area contributed by atoms with Crippen molar-refractivity contribution < 1.29 is 63.0 Å². The Morgan fingerprint density at radius 3 is 0.762 bits per heavy atom. The van der Waals surface area contributed by atoms with Crippen LogP contribution in [0.15, 0.2) is 24.3 Å². The van der Waals surface area contributed by atoms with Crippen LogP contribution in [-0.2, 0) is 0 Å². The highest BCUT2D eigenvalue weighted by Gasteiger charge is 2.05. The summed E-state index contributed by atoms with van der Waals surface area (Å²) in [6.07, 6.45) is 4.62. The fraction of sp³-hybridized carbons (Fsp3) is 0.714. The summed E-state index contributed by atoms with van der Waals surface area (Å²) in [5, 5.41) is 20.6. The molecule has 8 N–H and O–H groups in total. The van der Waals surface area contributed by atoms with Gasteiger partial charge in [0.05, 0.1) is 94.5 Å². The number of halogens is 2. The van der Waals surface area contributed by atoms with E-state index in [1.54, 1.807) is 0 Å². The van der Waals surface area contributed by atoms with Gasteiger partial charge < -0.3 is 44.6 Å². The van der Waals surface area contributed by atoms with Crippen LogP contribution in [-0.4, -0.2) is 113 Å². The second-order valence-corrected chi connectivity index (χ2v) is 12.1. The highest BCUT2D eigenvalue weighted by Crippen LogP contribution is 2.05. The maximum Gasteiger partial charge on any atom is 0.0953 e. The van der Waals surface area contributed by atoms with Gasteiger partial charge in [-0.25, -0.2) is 0 Å². The zero-order valence-electron chi connectivity index (χ0n) is 28.5. The molecule has 0 spiro atoms. The number of nitrogens with zero attached hydrogens (tertiary/aromatic N) is 4. The lowest BCUT2D eigenvalue weighted by atomic mass is 10.1. The number of hydrogen-bond acceptors (Lipinski definition) is 8. The van der Waals surface area contributed by atoms with Gasteiger partial charge in [-0.15, -0.1) is 0 Å². The molecule has 0 fully saturated rings. The summed E-state index contributed by atoms with van der Waals surface area (Å²) in [5.74, 6) is 19.3. The molecule has 42 heavy (non-hydrogen) atoms. The average Bonchev–Trinajstić information content (AvgIpc) is 2.72. The van der Waals surface area contributed by atoms with Gasteiger partial charge in [0.25, 0.3) is 0 Å². The topological polar surface area (TPSA) is 184 Å². The number of carbonyl (C=O) groups is 2. The molecule has 0 aliphatic rings. The van der Waals surface area contributed by atoms with Crippen molar-refractivity contribution in [1.82, 2.24) is 0 Å². The molecule has 0 atom stereocenters. The minimum Gasteiger partial charge on any atom is -1.00 e. The van der Waals surface area contributed by atoms with Gasteiger partial charge in [0.1, 0.15) is 0 Å². The Hall–Kier alpha value is -1.58. The highest BCUT2D eigenvalue weighted by atomic mass is 35.5. The summed E-state index contributed by atoms with van der Waals surface area (Å²) in [4.78, 5) is 20.6. The van der Waals surface area contributed by atoms with Gasteiger partial charge in [-0.3, -0.25) is 18.4 Å². The van der Waals surface area contributed by atoms with Crippen LogP contribution in [0.1, 0.15) is 74.1 Å². The molecule has 0 aromatic heterocycles. The number of carbonyl (C=O) groups excluding carboxylic acids is 2. The van der Waals surface area contributed by atoms with Crippen LogP contribution in [0.4, 0.5) is 0 Å². The van der Waals surface area contributed by atoms with Crippen molar-refractivity contribution in [2.45, 2.75) is 53.4 Å². The molecule has 0 saturated heterocycles. The van der Waals surface area contributed by atoms with Crippen LogP contribution in [0.3, 0.4) is 0 Å². The first-order valence-corrected chi connectivity index (χ1v) is 13.8. The molecule has 14 heteroatoms. The van der Waals surface area contributed by atoms with Crippen molar-refractivity contribution in [3.63, 3.8) is 0 Å². The maximum atomic E-state index is 10.3. The zero-order chi connectivity index (χ0) is 32.8. The molecule has 0 aliphatic carbocycles. The van der Waals surface area contributed by atoms with Gasteiger partial charge in [0.15, 0.2) is 0 Å². The number of aromatic carboxylic acids is 2. The van der Waals surface area contributed by atoms with Crippen molar-refractivity contribution in [2.24, 2.45) is 23.4 Å². The van der Waals surface area contributed by atoms with Crippen molar-refractivity contribution >= 4 is 11.9 Å². The van der Waals surface area contributed by atoms with E-state index in [-0.39, 0.29) is 35.9 Å². The highest BCUT2D eigenvalue weighted by molar-refractivity contribution is 5.99. The van der Waals surface area contributed by atoms with Crippen LogP contribution in [0, 0.1) is 0 Å². The third kappa shape index (κ3) is 48.2. The number of benzene rings is 1. The summed E-state index contributed by atoms with van der Waals surface area (Å²) >= 11 is 0. The SMILES string of the molecule is CCC[N+](C)(C)N.CCC[N+](C)(C)N.CCC[N+](C)(C)N.CCC[N+](C)(C)N.O=C([O-])c1ccccc1C(=O)[O-].[Cl-].[Cl-]. The Labute approximate surface area is 269 Å². The summed E-state index contributed by atoms with van der Waals surface area (Å²) in [6.45, 7) is 12.7. The number of nitrogens with two attached hydrogens (primary N) is 4.